The molecule has 1 atom stereocenters. The van der Waals surface area contributed by atoms with Crippen LogP contribution in [0, 0.1) is 5.92 Å². The Kier molecular flexibility index (Phi) is 3.21. The maximum atomic E-state index is 11.9. The minimum Gasteiger partial charge on any atom is -0.207 e. The van der Waals surface area contributed by atoms with Gasteiger partial charge in [0.2, 0.25) is 10.0 Å². The Bertz CT molecular complexity index is 450. The van der Waals surface area contributed by atoms with Crippen LogP contribution >= 0.6 is 27.3 Å². The molecule has 0 amide bonds. The largest absolute Gasteiger partial charge is 0.250 e. The molecule has 84 valence electrons. The fraction of sp³-hybridized carbons (Fsp3) is 0.556. The van der Waals surface area contributed by atoms with Crippen molar-refractivity contribution in [1.29, 1.82) is 0 Å². The van der Waals surface area contributed by atoms with Gasteiger partial charge in [0.15, 0.2) is 0 Å². The summed E-state index contributed by atoms with van der Waals surface area (Å²) in [7, 11) is -3.31. The summed E-state index contributed by atoms with van der Waals surface area (Å²) in [5.41, 5.74) is 0. The van der Waals surface area contributed by atoms with E-state index in [1.54, 1.807) is 12.1 Å². The van der Waals surface area contributed by atoms with E-state index in [1.807, 2.05) is 6.92 Å². The second-order valence-corrected chi connectivity index (χ2v) is 8.21. The molecule has 0 saturated heterocycles. The number of hydrogen-bond acceptors (Lipinski definition) is 3. The van der Waals surface area contributed by atoms with E-state index in [9.17, 15) is 8.42 Å². The van der Waals surface area contributed by atoms with Crippen LogP contribution in [0.25, 0.3) is 0 Å². The van der Waals surface area contributed by atoms with Gasteiger partial charge in [-0.15, -0.1) is 11.3 Å². The second kappa shape index (κ2) is 4.16. The lowest BCUT2D eigenvalue weighted by Crippen LogP contribution is -2.33. The van der Waals surface area contributed by atoms with Crippen LogP contribution in [0.2, 0.25) is 0 Å². The van der Waals surface area contributed by atoms with Crippen molar-refractivity contribution in [2.24, 2.45) is 5.92 Å². The normalized spacial score (nSPS) is 19.1. The number of sulfonamides is 1. The molecule has 2 rings (SSSR count). The molecule has 1 saturated carbocycles. The summed E-state index contributed by atoms with van der Waals surface area (Å²) in [6, 6.07) is 3.42. The van der Waals surface area contributed by atoms with E-state index in [2.05, 4.69) is 20.7 Å². The zero-order chi connectivity index (χ0) is 11.1. The van der Waals surface area contributed by atoms with Crippen LogP contribution in [-0.2, 0) is 10.0 Å². The lowest BCUT2D eigenvalue weighted by Gasteiger charge is -2.11. The molecule has 1 aliphatic rings. The molecule has 1 unspecified atom stereocenters. The fourth-order valence-corrected chi connectivity index (χ4v) is 4.78. The zero-order valence-corrected chi connectivity index (χ0v) is 11.5. The van der Waals surface area contributed by atoms with Gasteiger partial charge in [-0.25, -0.2) is 13.1 Å². The van der Waals surface area contributed by atoms with Crippen LogP contribution in [0.3, 0.4) is 0 Å². The van der Waals surface area contributed by atoms with Gasteiger partial charge in [0.05, 0.1) is 3.79 Å². The molecular weight excluding hydrogens is 298 g/mol. The van der Waals surface area contributed by atoms with Crippen molar-refractivity contribution in [3.63, 3.8) is 0 Å². The van der Waals surface area contributed by atoms with Gasteiger partial charge >= 0.3 is 0 Å². The summed E-state index contributed by atoms with van der Waals surface area (Å²) in [4.78, 5) is 0. The van der Waals surface area contributed by atoms with Crippen LogP contribution in [0.15, 0.2) is 20.1 Å². The maximum absolute atomic E-state index is 11.9. The topological polar surface area (TPSA) is 46.2 Å². The van der Waals surface area contributed by atoms with Crippen molar-refractivity contribution < 1.29 is 8.42 Å². The third-order valence-electron chi connectivity index (χ3n) is 2.48. The SMILES string of the molecule is CC(NS(=O)(=O)c1ccc(Br)s1)C1CC1. The Morgan fingerprint density at radius 1 is 1.53 bits per heavy atom. The van der Waals surface area contributed by atoms with Gasteiger partial charge < -0.3 is 0 Å². The highest BCUT2D eigenvalue weighted by Gasteiger charge is 2.31. The minimum atomic E-state index is -3.31. The van der Waals surface area contributed by atoms with Crippen molar-refractivity contribution in [2.75, 3.05) is 0 Å². The molecule has 1 aromatic heterocycles. The summed E-state index contributed by atoms with van der Waals surface area (Å²) in [6.07, 6.45) is 2.27. The predicted molar refractivity (Wildman–Crippen MR) is 64.5 cm³/mol. The third kappa shape index (κ3) is 2.81. The molecule has 1 heterocycles. The molecule has 6 heteroatoms. The van der Waals surface area contributed by atoms with Gasteiger partial charge in [-0.2, -0.15) is 0 Å². The number of hydrogen-bond donors (Lipinski definition) is 1. The van der Waals surface area contributed by atoms with E-state index >= 15 is 0 Å². The van der Waals surface area contributed by atoms with E-state index in [1.165, 1.54) is 11.3 Å². The monoisotopic (exact) mass is 309 g/mol. The second-order valence-electron chi connectivity index (χ2n) is 3.81. The number of thiophene rings is 1. The highest BCUT2D eigenvalue weighted by Crippen LogP contribution is 2.33. The molecule has 1 aliphatic carbocycles. The smallest absolute Gasteiger partial charge is 0.207 e. The lowest BCUT2D eigenvalue weighted by molar-refractivity contribution is 0.540. The minimum absolute atomic E-state index is 0.0517. The Labute approximate surface area is 102 Å². The Hall–Kier alpha value is 0.0900. The first-order valence-corrected chi connectivity index (χ1v) is 7.86. The van der Waals surface area contributed by atoms with Crippen LogP contribution < -0.4 is 4.72 Å². The Balaban J connectivity index is 2.12. The molecule has 0 aromatic carbocycles. The summed E-state index contributed by atoms with van der Waals surface area (Å²) < 4.78 is 27.7. The van der Waals surface area contributed by atoms with Gasteiger partial charge in [0.25, 0.3) is 0 Å². The van der Waals surface area contributed by atoms with Crippen LogP contribution in [0.1, 0.15) is 19.8 Å². The Morgan fingerprint density at radius 3 is 2.67 bits per heavy atom. The molecule has 1 fully saturated rings. The van der Waals surface area contributed by atoms with E-state index in [0.717, 1.165) is 16.6 Å². The zero-order valence-electron chi connectivity index (χ0n) is 8.23. The van der Waals surface area contributed by atoms with Gasteiger partial charge in [0.1, 0.15) is 4.21 Å². The molecule has 0 radical (unpaired) electrons. The Morgan fingerprint density at radius 2 is 2.20 bits per heavy atom. The van der Waals surface area contributed by atoms with Crippen molar-refractivity contribution in [2.45, 2.75) is 30.0 Å². The van der Waals surface area contributed by atoms with Crippen molar-refractivity contribution >= 4 is 37.3 Å². The summed E-state index contributed by atoms with van der Waals surface area (Å²) in [5.74, 6) is 0.531. The highest BCUT2D eigenvalue weighted by molar-refractivity contribution is 9.11. The molecule has 1 N–H and O–H groups in total. The van der Waals surface area contributed by atoms with E-state index in [4.69, 9.17) is 0 Å². The first-order chi connectivity index (χ1) is 6.99. The molecular formula is C9H12BrNO2S2. The maximum Gasteiger partial charge on any atom is 0.250 e. The molecule has 15 heavy (non-hydrogen) atoms. The average molecular weight is 310 g/mol. The molecule has 0 spiro atoms. The summed E-state index contributed by atoms with van der Waals surface area (Å²) in [6.45, 7) is 1.93. The molecule has 0 aliphatic heterocycles. The van der Waals surface area contributed by atoms with Gasteiger partial charge in [-0.05, 0) is 53.7 Å². The molecule has 0 bridgehead atoms. The van der Waals surface area contributed by atoms with Crippen LogP contribution in [-0.4, -0.2) is 14.5 Å². The highest BCUT2D eigenvalue weighted by atomic mass is 79.9. The molecule has 1 aromatic rings. The first-order valence-electron chi connectivity index (χ1n) is 4.77. The van der Waals surface area contributed by atoms with E-state index < -0.39 is 10.0 Å². The fourth-order valence-electron chi connectivity index (χ4n) is 1.44. The van der Waals surface area contributed by atoms with Crippen molar-refractivity contribution in [1.82, 2.24) is 4.72 Å². The summed E-state index contributed by atoms with van der Waals surface area (Å²) >= 11 is 4.49. The van der Waals surface area contributed by atoms with Gasteiger partial charge in [0, 0.05) is 6.04 Å². The third-order valence-corrected chi connectivity index (χ3v) is 6.16. The van der Waals surface area contributed by atoms with Gasteiger partial charge in [-0.1, -0.05) is 0 Å². The van der Waals surface area contributed by atoms with Crippen molar-refractivity contribution in [3.8, 4) is 0 Å². The van der Waals surface area contributed by atoms with Crippen LogP contribution in [0.5, 0.6) is 0 Å². The van der Waals surface area contributed by atoms with Crippen molar-refractivity contribution in [3.05, 3.63) is 15.9 Å². The van der Waals surface area contributed by atoms with E-state index in [-0.39, 0.29) is 6.04 Å². The van der Waals surface area contributed by atoms with E-state index in [0.29, 0.717) is 10.1 Å². The quantitative estimate of drug-likeness (QED) is 0.929. The first kappa shape index (κ1) is 11.6. The average Bonchev–Trinajstić information content (AvgIpc) is 2.88. The number of rotatable bonds is 4. The lowest BCUT2D eigenvalue weighted by atomic mass is 10.2. The predicted octanol–water partition coefficient (Wildman–Crippen LogP) is 2.59. The van der Waals surface area contributed by atoms with Gasteiger partial charge in [-0.3, -0.25) is 0 Å². The summed E-state index contributed by atoms with van der Waals surface area (Å²) in [5, 5.41) is 0. The number of halogens is 1. The van der Waals surface area contributed by atoms with Crippen LogP contribution in [0.4, 0.5) is 0 Å². The standard InChI is InChI=1S/C9H12BrNO2S2/c1-6(7-2-3-7)11-15(12,13)9-5-4-8(10)14-9/h4-7,11H,2-3H2,1H3. The molecule has 3 nitrogen and oxygen atoms in total. The number of nitrogens with one attached hydrogen (secondary N) is 1.